The molecule has 0 fully saturated rings. The first-order valence-corrected chi connectivity index (χ1v) is 17.1. The first-order valence-electron chi connectivity index (χ1n) is 16.8. The van der Waals surface area contributed by atoms with E-state index >= 15 is 0 Å². The number of rotatable bonds is 25. The lowest BCUT2D eigenvalue weighted by molar-refractivity contribution is -0.172. The first-order chi connectivity index (χ1) is 23.3. The highest BCUT2D eigenvalue weighted by molar-refractivity contribution is 6.30. The van der Waals surface area contributed by atoms with Crippen LogP contribution >= 0.6 is 11.6 Å². The lowest BCUT2D eigenvalue weighted by Crippen LogP contribution is -2.55. The van der Waals surface area contributed by atoms with Crippen LogP contribution in [0.4, 0.5) is 0 Å². The number of aliphatic hydroxyl groups is 1. The van der Waals surface area contributed by atoms with Gasteiger partial charge in [-0.25, -0.2) is 9.59 Å². The van der Waals surface area contributed by atoms with Gasteiger partial charge in [-0.15, -0.1) is 0 Å². The van der Waals surface area contributed by atoms with E-state index < -0.39 is 47.8 Å². The molecule has 2 aromatic carbocycles. The third-order valence-electron chi connectivity index (χ3n) is 8.06. The standard InChI is InChI=1S/C37H48ClNO10/c1-2-3-4-7-10-15-28(40)16-11-8-5-6-9-12-18-31(37(48,36(46)47)25-33(41)42)34(43)39-32(35(44)45)23-26-19-21-29(22-20-26)49-30-17-13-14-27(38)24-30/h12-14,17-22,24,31-32,48H,2-11,15-16,23,25H2,1H3,(H,39,43)(H,41,42)(H,44,45)(H,46,47)/b18-12+/t31-,32+,37+/m1/s1. The zero-order chi connectivity index (χ0) is 36.2. The fraction of sp³-hybridized carbons (Fsp3) is 0.486. The number of carboxylic acid groups (broad SMARTS) is 3. The Morgan fingerprint density at radius 3 is 2.06 bits per heavy atom. The van der Waals surface area contributed by atoms with E-state index in [0.29, 0.717) is 47.8 Å². The van der Waals surface area contributed by atoms with E-state index in [2.05, 4.69) is 12.2 Å². The van der Waals surface area contributed by atoms with Crippen LogP contribution in [0.25, 0.3) is 0 Å². The van der Waals surface area contributed by atoms with Gasteiger partial charge in [0.1, 0.15) is 23.3 Å². The predicted molar refractivity (Wildman–Crippen MR) is 185 cm³/mol. The smallest absolute Gasteiger partial charge is 0.337 e. The second kappa shape index (κ2) is 21.7. The molecule has 0 bridgehead atoms. The van der Waals surface area contributed by atoms with Gasteiger partial charge in [-0.1, -0.05) is 87.4 Å². The molecule has 0 unspecified atom stereocenters. The van der Waals surface area contributed by atoms with Crippen molar-refractivity contribution < 1.29 is 49.1 Å². The first kappa shape index (κ1) is 41.0. The average molecular weight is 702 g/mol. The van der Waals surface area contributed by atoms with Gasteiger partial charge in [0.25, 0.3) is 0 Å². The van der Waals surface area contributed by atoms with E-state index in [-0.39, 0.29) is 12.2 Å². The molecule has 0 aliphatic carbocycles. The number of ether oxygens (including phenoxy) is 1. The number of amides is 1. The Bertz CT molecular complexity index is 1410. The number of ketones is 1. The van der Waals surface area contributed by atoms with Gasteiger partial charge in [-0.05, 0) is 61.6 Å². The third kappa shape index (κ3) is 15.3. The van der Waals surface area contributed by atoms with Crippen molar-refractivity contribution in [2.75, 3.05) is 0 Å². The Labute approximate surface area is 292 Å². The summed E-state index contributed by atoms with van der Waals surface area (Å²) in [6, 6.07) is 11.6. The summed E-state index contributed by atoms with van der Waals surface area (Å²) in [4.78, 5) is 61.1. The normalized spacial score (nSPS) is 13.7. The van der Waals surface area contributed by atoms with Crippen LogP contribution < -0.4 is 10.1 Å². The summed E-state index contributed by atoms with van der Waals surface area (Å²) in [6.45, 7) is 2.15. The molecular formula is C37H48ClNO10. The number of aliphatic carboxylic acids is 3. The maximum Gasteiger partial charge on any atom is 0.337 e. The largest absolute Gasteiger partial charge is 0.481 e. The number of hydrogen-bond acceptors (Lipinski definition) is 7. The molecule has 12 heteroatoms. The minimum absolute atomic E-state index is 0.194. The molecule has 2 aromatic rings. The zero-order valence-corrected chi connectivity index (χ0v) is 28.7. The van der Waals surface area contributed by atoms with Crippen molar-refractivity contribution in [2.45, 2.75) is 108 Å². The van der Waals surface area contributed by atoms with Crippen molar-refractivity contribution in [2.24, 2.45) is 5.92 Å². The third-order valence-corrected chi connectivity index (χ3v) is 8.30. The van der Waals surface area contributed by atoms with E-state index in [1.54, 1.807) is 48.5 Å². The summed E-state index contributed by atoms with van der Waals surface area (Å²) in [6.07, 6.45) is 11.1. The molecule has 2 rings (SSSR count). The quantitative estimate of drug-likeness (QED) is 0.0534. The van der Waals surface area contributed by atoms with Gasteiger partial charge in [-0.3, -0.25) is 14.4 Å². The van der Waals surface area contributed by atoms with E-state index in [1.165, 1.54) is 12.5 Å². The van der Waals surface area contributed by atoms with Crippen LogP contribution in [0, 0.1) is 5.92 Å². The van der Waals surface area contributed by atoms with E-state index in [1.807, 2.05) is 0 Å². The van der Waals surface area contributed by atoms with Crippen molar-refractivity contribution in [3.05, 3.63) is 71.3 Å². The fourth-order valence-electron chi connectivity index (χ4n) is 5.29. The molecule has 268 valence electrons. The SMILES string of the molecule is CCCCCCCC(=O)CCCCCC/C=C/[C@H](C(=O)N[C@@H](Cc1ccc(Oc2cccc(Cl)c2)cc1)C(=O)O)[C@@](O)(CC(=O)O)C(=O)O. The number of Topliss-reactive ketones (excluding diaryl/α,β-unsaturated/α-hetero) is 1. The summed E-state index contributed by atoms with van der Waals surface area (Å²) in [7, 11) is 0. The molecule has 0 aliphatic rings. The maximum absolute atomic E-state index is 13.4. The topological polar surface area (TPSA) is 188 Å². The van der Waals surface area contributed by atoms with Gasteiger partial charge in [0.15, 0.2) is 5.60 Å². The van der Waals surface area contributed by atoms with Crippen molar-refractivity contribution in [1.29, 1.82) is 0 Å². The lowest BCUT2D eigenvalue weighted by atomic mass is 9.82. The number of carboxylic acids is 3. The molecular weight excluding hydrogens is 654 g/mol. The van der Waals surface area contributed by atoms with Gasteiger partial charge in [0.05, 0.1) is 12.3 Å². The van der Waals surface area contributed by atoms with Crippen molar-refractivity contribution in [1.82, 2.24) is 5.32 Å². The zero-order valence-electron chi connectivity index (χ0n) is 27.9. The molecule has 0 heterocycles. The summed E-state index contributed by atoms with van der Waals surface area (Å²) in [5, 5.41) is 42.7. The average Bonchev–Trinajstić information content (AvgIpc) is 3.04. The highest BCUT2D eigenvalue weighted by Crippen LogP contribution is 2.27. The van der Waals surface area contributed by atoms with Crippen LogP contribution in [0.1, 0.15) is 96.0 Å². The summed E-state index contributed by atoms with van der Waals surface area (Å²) in [5.74, 6) is -6.83. The van der Waals surface area contributed by atoms with E-state index in [9.17, 15) is 44.4 Å². The van der Waals surface area contributed by atoms with Gasteiger partial charge in [0.2, 0.25) is 5.91 Å². The Balaban J connectivity index is 2.01. The minimum atomic E-state index is -3.04. The van der Waals surface area contributed by atoms with E-state index in [4.69, 9.17) is 16.3 Å². The number of nitrogens with one attached hydrogen (secondary N) is 1. The molecule has 0 saturated carbocycles. The van der Waals surface area contributed by atoms with Crippen LogP contribution in [-0.4, -0.2) is 61.7 Å². The maximum atomic E-state index is 13.4. The van der Waals surface area contributed by atoms with Gasteiger partial charge in [0, 0.05) is 24.3 Å². The van der Waals surface area contributed by atoms with Crippen molar-refractivity contribution in [3.8, 4) is 11.5 Å². The second-order valence-electron chi connectivity index (χ2n) is 12.2. The van der Waals surface area contributed by atoms with Gasteiger partial charge < -0.3 is 30.5 Å². The number of unbranched alkanes of at least 4 members (excludes halogenated alkanes) is 8. The number of halogens is 1. The summed E-state index contributed by atoms with van der Waals surface area (Å²) in [5.41, 5.74) is -2.53. The monoisotopic (exact) mass is 701 g/mol. The molecule has 0 saturated heterocycles. The predicted octanol–water partition coefficient (Wildman–Crippen LogP) is 6.98. The molecule has 49 heavy (non-hydrogen) atoms. The van der Waals surface area contributed by atoms with Crippen molar-refractivity contribution >= 4 is 41.2 Å². The molecule has 0 radical (unpaired) electrons. The number of allylic oxidation sites excluding steroid dienone is 1. The summed E-state index contributed by atoms with van der Waals surface area (Å²) >= 11 is 5.98. The molecule has 1 amide bonds. The lowest BCUT2D eigenvalue weighted by Gasteiger charge is -2.29. The minimum Gasteiger partial charge on any atom is -0.481 e. The van der Waals surface area contributed by atoms with Crippen LogP contribution in [0.2, 0.25) is 5.02 Å². The van der Waals surface area contributed by atoms with Crippen LogP contribution in [0.3, 0.4) is 0 Å². The van der Waals surface area contributed by atoms with Gasteiger partial charge in [-0.2, -0.15) is 0 Å². The van der Waals surface area contributed by atoms with Crippen LogP contribution in [-0.2, 0) is 30.4 Å². The molecule has 3 atom stereocenters. The van der Waals surface area contributed by atoms with Gasteiger partial charge >= 0.3 is 17.9 Å². The molecule has 5 N–H and O–H groups in total. The highest BCUT2D eigenvalue weighted by Gasteiger charge is 2.49. The number of carbonyl (C=O) groups is 5. The van der Waals surface area contributed by atoms with E-state index in [0.717, 1.165) is 51.0 Å². The highest BCUT2D eigenvalue weighted by atomic mass is 35.5. The Hall–Kier alpha value is -4.22. The molecule has 0 aromatic heterocycles. The van der Waals surface area contributed by atoms with Crippen LogP contribution in [0.15, 0.2) is 60.7 Å². The second-order valence-corrected chi connectivity index (χ2v) is 12.6. The number of carbonyl (C=O) groups excluding carboxylic acids is 2. The number of benzene rings is 2. The Kier molecular flexibility index (Phi) is 18.1. The number of hydrogen-bond donors (Lipinski definition) is 5. The Morgan fingerprint density at radius 2 is 1.49 bits per heavy atom. The fourth-order valence-corrected chi connectivity index (χ4v) is 5.47. The Morgan fingerprint density at radius 1 is 0.857 bits per heavy atom. The summed E-state index contributed by atoms with van der Waals surface area (Å²) < 4.78 is 5.74. The molecule has 0 spiro atoms. The van der Waals surface area contributed by atoms with Crippen LogP contribution in [0.5, 0.6) is 11.5 Å². The molecule has 0 aliphatic heterocycles. The molecule has 11 nitrogen and oxygen atoms in total. The van der Waals surface area contributed by atoms with Crippen molar-refractivity contribution in [3.63, 3.8) is 0 Å².